The lowest BCUT2D eigenvalue weighted by molar-refractivity contribution is 0.0946. The van der Waals surface area contributed by atoms with Gasteiger partial charge < -0.3 is 16.0 Å². The van der Waals surface area contributed by atoms with E-state index in [1.165, 1.54) is 0 Å². The number of rotatable bonds is 2. The van der Waals surface area contributed by atoms with Crippen LogP contribution in [0.1, 0.15) is 21.5 Å². The van der Waals surface area contributed by atoms with Gasteiger partial charge in [-0.05, 0) is 42.7 Å². The molecule has 1 aliphatic rings. The van der Waals surface area contributed by atoms with E-state index in [1.807, 2.05) is 43.3 Å². The maximum absolute atomic E-state index is 12.1. The van der Waals surface area contributed by atoms with Crippen molar-refractivity contribution in [3.8, 4) is 0 Å². The SMILES string of the molecule is Cc1ccccc1NC(=O)Nc1ccc2c(c1)C(=O)NCC2. The Hall–Kier alpha value is -2.82. The second-order valence-electron chi connectivity index (χ2n) is 5.27. The number of carbonyl (C=O) groups excluding carboxylic acids is 2. The Bertz CT molecular complexity index is 740. The van der Waals surface area contributed by atoms with Crippen LogP contribution in [-0.2, 0) is 6.42 Å². The van der Waals surface area contributed by atoms with Crippen LogP contribution >= 0.6 is 0 Å². The highest BCUT2D eigenvalue weighted by Gasteiger charge is 2.17. The monoisotopic (exact) mass is 295 g/mol. The number of carbonyl (C=O) groups is 2. The molecule has 1 heterocycles. The molecule has 0 spiro atoms. The van der Waals surface area contributed by atoms with Gasteiger partial charge in [-0.1, -0.05) is 24.3 Å². The van der Waals surface area contributed by atoms with Crippen molar-refractivity contribution in [3.05, 3.63) is 59.2 Å². The first-order valence-corrected chi connectivity index (χ1v) is 7.18. The molecular weight excluding hydrogens is 278 g/mol. The largest absolute Gasteiger partial charge is 0.352 e. The first-order chi connectivity index (χ1) is 10.6. The molecule has 0 saturated carbocycles. The molecular formula is C17H17N3O2. The number of hydrogen-bond acceptors (Lipinski definition) is 2. The molecule has 0 unspecified atom stereocenters. The van der Waals surface area contributed by atoms with Crippen LogP contribution in [0.25, 0.3) is 0 Å². The van der Waals surface area contributed by atoms with Gasteiger partial charge in [0.15, 0.2) is 0 Å². The quantitative estimate of drug-likeness (QED) is 0.797. The first kappa shape index (κ1) is 14.1. The van der Waals surface area contributed by atoms with E-state index in [1.54, 1.807) is 6.07 Å². The minimum absolute atomic E-state index is 0.0933. The fourth-order valence-corrected chi connectivity index (χ4v) is 2.49. The average Bonchev–Trinajstić information content (AvgIpc) is 2.50. The summed E-state index contributed by atoms with van der Waals surface area (Å²) >= 11 is 0. The number of para-hydroxylation sites is 1. The molecule has 0 saturated heterocycles. The number of hydrogen-bond donors (Lipinski definition) is 3. The van der Waals surface area contributed by atoms with Crippen molar-refractivity contribution < 1.29 is 9.59 Å². The van der Waals surface area contributed by atoms with E-state index < -0.39 is 0 Å². The van der Waals surface area contributed by atoms with Crippen LogP contribution in [0.5, 0.6) is 0 Å². The second-order valence-corrected chi connectivity index (χ2v) is 5.27. The molecule has 2 aromatic carbocycles. The van der Waals surface area contributed by atoms with Gasteiger partial charge in [0, 0.05) is 23.5 Å². The average molecular weight is 295 g/mol. The molecule has 1 aliphatic heterocycles. The summed E-state index contributed by atoms with van der Waals surface area (Å²) in [6, 6.07) is 12.6. The lowest BCUT2D eigenvalue weighted by Crippen LogP contribution is -2.32. The zero-order valence-corrected chi connectivity index (χ0v) is 12.3. The molecule has 0 bridgehead atoms. The van der Waals surface area contributed by atoms with Gasteiger partial charge in [-0.25, -0.2) is 4.79 Å². The fourth-order valence-electron chi connectivity index (χ4n) is 2.49. The Balaban J connectivity index is 1.73. The second kappa shape index (κ2) is 5.89. The molecule has 112 valence electrons. The van der Waals surface area contributed by atoms with Gasteiger partial charge in [0.05, 0.1) is 0 Å². The van der Waals surface area contributed by atoms with Crippen LogP contribution in [0.2, 0.25) is 0 Å². The van der Waals surface area contributed by atoms with Gasteiger partial charge in [-0.15, -0.1) is 0 Å². The number of benzene rings is 2. The normalized spacial score (nSPS) is 13.0. The van der Waals surface area contributed by atoms with Crippen LogP contribution in [-0.4, -0.2) is 18.5 Å². The van der Waals surface area contributed by atoms with Gasteiger partial charge in [0.2, 0.25) is 0 Å². The van der Waals surface area contributed by atoms with Crippen molar-refractivity contribution >= 4 is 23.3 Å². The lowest BCUT2D eigenvalue weighted by Gasteiger charge is -2.17. The van der Waals surface area contributed by atoms with Crippen LogP contribution in [0, 0.1) is 6.92 Å². The smallest absolute Gasteiger partial charge is 0.323 e. The number of nitrogens with one attached hydrogen (secondary N) is 3. The molecule has 22 heavy (non-hydrogen) atoms. The Labute approximate surface area is 128 Å². The van der Waals surface area contributed by atoms with Crippen LogP contribution < -0.4 is 16.0 Å². The van der Waals surface area contributed by atoms with Crippen molar-refractivity contribution in [1.82, 2.24) is 5.32 Å². The predicted molar refractivity (Wildman–Crippen MR) is 86.3 cm³/mol. The van der Waals surface area contributed by atoms with E-state index in [2.05, 4.69) is 16.0 Å². The van der Waals surface area contributed by atoms with Gasteiger partial charge in [-0.2, -0.15) is 0 Å². The van der Waals surface area contributed by atoms with Crippen molar-refractivity contribution in [3.63, 3.8) is 0 Å². The summed E-state index contributed by atoms with van der Waals surface area (Å²) in [7, 11) is 0. The van der Waals surface area contributed by atoms with Crippen LogP contribution in [0.3, 0.4) is 0 Å². The molecule has 5 heteroatoms. The van der Waals surface area contributed by atoms with Crippen LogP contribution in [0.4, 0.5) is 16.2 Å². The Kier molecular flexibility index (Phi) is 3.78. The Morgan fingerprint density at radius 2 is 1.95 bits per heavy atom. The van der Waals surface area contributed by atoms with E-state index in [0.29, 0.717) is 17.8 Å². The number of anilines is 2. The molecule has 0 fully saturated rings. The van der Waals surface area contributed by atoms with E-state index >= 15 is 0 Å². The molecule has 0 radical (unpaired) electrons. The maximum atomic E-state index is 12.1. The number of amides is 3. The van der Waals surface area contributed by atoms with Crippen molar-refractivity contribution in [1.29, 1.82) is 0 Å². The number of fused-ring (bicyclic) bond motifs is 1. The standard InChI is InChI=1S/C17H17N3O2/c1-11-4-2-3-5-15(11)20-17(22)19-13-7-6-12-8-9-18-16(21)14(12)10-13/h2-7,10H,8-9H2,1H3,(H,18,21)(H2,19,20,22). The minimum Gasteiger partial charge on any atom is -0.352 e. The van der Waals surface area contributed by atoms with Gasteiger partial charge in [0.1, 0.15) is 0 Å². The summed E-state index contributed by atoms with van der Waals surface area (Å²) in [4.78, 5) is 23.9. The lowest BCUT2D eigenvalue weighted by atomic mass is 10.00. The van der Waals surface area contributed by atoms with E-state index in [0.717, 1.165) is 23.2 Å². The molecule has 5 nitrogen and oxygen atoms in total. The van der Waals surface area contributed by atoms with E-state index in [4.69, 9.17) is 0 Å². The third-order valence-corrected chi connectivity index (χ3v) is 3.69. The van der Waals surface area contributed by atoms with Gasteiger partial charge >= 0.3 is 6.03 Å². The fraction of sp³-hybridized carbons (Fsp3) is 0.176. The zero-order chi connectivity index (χ0) is 15.5. The summed E-state index contributed by atoms with van der Waals surface area (Å²) in [5.41, 5.74) is 3.98. The summed E-state index contributed by atoms with van der Waals surface area (Å²) in [5, 5.41) is 8.36. The van der Waals surface area contributed by atoms with E-state index in [-0.39, 0.29) is 11.9 Å². The molecule has 3 rings (SSSR count). The highest BCUT2D eigenvalue weighted by Crippen LogP contribution is 2.20. The molecule has 0 aromatic heterocycles. The molecule has 0 atom stereocenters. The Morgan fingerprint density at radius 3 is 2.77 bits per heavy atom. The highest BCUT2D eigenvalue weighted by molar-refractivity contribution is 6.02. The third-order valence-electron chi connectivity index (χ3n) is 3.69. The van der Waals surface area contributed by atoms with Crippen molar-refractivity contribution in [2.24, 2.45) is 0 Å². The number of urea groups is 1. The summed E-state index contributed by atoms with van der Waals surface area (Å²) in [6.45, 7) is 2.59. The number of aryl methyl sites for hydroxylation is 1. The first-order valence-electron chi connectivity index (χ1n) is 7.18. The molecule has 3 amide bonds. The van der Waals surface area contributed by atoms with E-state index in [9.17, 15) is 9.59 Å². The van der Waals surface area contributed by atoms with Gasteiger partial charge in [-0.3, -0.25) is 4.79 Å². The molecule has 3 N–H and O–H groups in total. The third kappa shape index (κ3) is 2.93. The topological polar surface area (TPSA) is 70.2 Å². The summed E-state index contributed by atoms with van der Waals surface area (Å²) in [6.07, 6.45) is 0.816. The summed E-state index contributed by atoms with van der Waals surface area (Å²) in [5.74, 6) is -0.0933. The molecule has 0 aliphatic carbocycles. The maximum Gasteiger partial charge on any atom is 0.323 e. The van der Waals surface area contributed by atoms with Crippen LogP contribution in [0.15, 0.2) is 42.5 Å². The Morgan fingerprint density at radius 1 is 1.14 bits per heavy atom. The predicted octanol–water partition coefficient (Wildman–Crippen LogP) is 2.92. The van der Waals surface area contributed by atoms with Crippen molar-refractivity contribution in [2.75, 3.05) is 17.2 Å². The minimum atomic E-state index is -0.328. The zero-order valence-electron chi connectivity index (χ0n) is 12.3. The van der Waals surface area contributed by atoms with Gasteiger partial charge in [0.25, 0.3) is 5.91 Å². The van der Waals surface area contributed by atoms with Crippen molar-refractivity contribution in [2.45, 2.75) is 13.3 Å². The summed E-state index contributed by atoms with van der Waals surface area (Å²) < 4.78 is 0. The highest BCUT2D eigenvalue weighted by atomic mass is 16.2. The molecule has 2 aromatic rings.